The van der Waals surface area contributed by atoms with Gasteiger partial charge in [0.1, 0.15) is 23.9 Å². The van der Waals surface area contributed by atoms with Gasteiger partial charge in [-0.15, -0.1) is 0 Å². The van der Waals surface area contributed by atoms with Crippen LogP contribution in [0.15, 0.2) is 41.1 Å². The van der Waals surface area contributed by atoms with Crippen molar-refractivity contribution < 1.29 is 9.15 Å². The summed E-state index contributed by atoms with van der Waals surface area (Å²) in [5.41, 5.74) is 5.43. The summed E-state index contributed by atoms with van der Waals surface area (Å²) in [7, 11) is 0. The fourth-order valence-corrected chi connectivity index (χ4v) is 1.20. The molecule has 0 aliphatic rings. The number of hydrogen-bond donors (Lipinski definition) is 1. The number of furan rings is 1. The molecule has 0 unspecified atom stereocenters. The maximum absolute atomic E-state index is 5.45. The lowest BCUT2D eigenvalue weighted by Gasteiger charge is -2.02. The third-order valence-corrected chi connectivity index (χ3v) is 1.93. The van der Waals surface area contributed by atoms with E-state index in [1.165, 1.54) is 0 Å². The van der Waals surface area contributed by atoms with E-state index in [2.05, 4.69) is 4.98 Å². The smallest absolute Gasteiger partial charge is 0.146 e. The molecule has 0 saturated carbocycles. The van der Waals surface area contributed by atoms with Gasteiger partial charge in [0.15, 0.2) is 0 Å². The van der Waals surface area contributed by atoms with E-state index < -0.39 is 0 Å². The van der Waals surface area contributed by atoms with Gasteiger partial charge in [-0.1, -0.05) is 0 Å². The predicted octanol–water partition coefficient (Wildman–Crippen LogP) is 1.71. The molecule has 15 heavy (non-hydrogen) atoms. The van der Waals surface area contributed by atoms with Gasteiger partial charge in [0.25, 0.3) is 0 Å². The fraction of sp³-hybridized carbons (Fsp3) is 0.182. The Kier molecular flexibility index (Phi) is 2.99. The lowest BCUT2D eigenvalue weighted by molar-refractivity contribution is 0.265. The third kappa shape index (κ3) is 2.57. The SMILES string of the molecule is NCc1ccc(COc2cccnc2)o1. The molecular weight excluding hydrogens is 192 g/mol. The minimum absolute atomic E-state index is 0.395. The van der Waals surface area contributed by atoms with Crippen molar-refractivity contribution in [2.45, 2.75) is 13.2 Å². The number of nitrogens with zero attached hydrogens (tertiary/aromatic N) is 1. The second-order valence-electron chi connectivity index (χ2n) is 3.05. The Morgan fingerprint density at radius 1 is 1.27 bits per heavy atom. The molecule has 0 spiro atoms. The van der Waals surface area contributed by atoms with E-state index in [-0.39, 0.29) is 0 Å². The molecule has 2 N–H and O–H groups in total. The van der Waals surface area contributed by atoms with Crippen molar-refractivity contribution in [3.05, 3.63) is 48.2 Å². The van der Waals surface area contributed by atoms with Gasteiger partial charge in [-0.05, 0) is 24.3 Å². The van der Waals surface area contributed by atoms with Crippen molar-refractivity contribution in [1.82, 2.24) is 4.98 Å². The molecule has 2 heterocycles. The highest BCUT2D eigenvalue weighted by atomic mass is 16.5. The molecule has 0 aliphatic carbocycles. The van der Waals surface area contributed by atoms with E-state index in [0.29, 0.717) is 13.2 Å². The Morgan fingerprint density at radius 3 is 2.80 bits per heavy atom. The van der Waals surface area contributed by atoms with E-state index >= 15 is 0 Å². The number of aromatic nitrogens is 1. The van der Waals surface area contributed by atoms with E-state index in [9.17, 15) is 0 Å². The molecule has 0 aromatic carbocycles. The van der Waals surface area contributed by atoms with Gasteiger partial charge in [-0.3, -0.25) is 4.98 Å². The highest BCUT2D eigenvalue weighted by Gasteiger charge is 2.01. The highest BCUT2D eigenvalue weighted by molar-refractivity contribution is 5.16. The van der Waals surface area contributed by atoms with E-state index in [1.54, 1.807) is 12.4 Å². The van der Waals surface area contributed by atoms with Crippen LogP contribution >= 0.6 is 0 Å². The van der Waals surface area contributed by atoms with E-state index in [1.807, 2.05) is 24.3 Å². The molecule has 4 nitrogen and oxygen atoms in total. The summed E-state index contributed by atoms with van der Waals surface area (Å²) in [6.45, 7) is 0.804. The van der Waals surface area contributed by atoms with E-state index in [4.69, 9.17) is 14.9 Å². The molecular formula is C11H12N2O2. The molecule has 0 atom stereocenters. The Morgan fingerprint density at radius 2 is 2.13 bits per heavy atom. The standard InChI is InChI=1S/C11H12N2O2/c12-6-9-3-4-11(15-9)8-14-10-2-1-5-13-7-10/h1-5,7H,6,8,12H2. The average Bonchev–Trinajstić information content (AvgIpc) is 2.76. The lowest BCUT2D eigenvalue weighted by Crippen LogP contribution is -1.95. The first-order valence-electron chi connectivity index (χ1n) is 4.69. The summed E-state index contributed by atoms with van der Waals surface area (Å²) in [5.74, 6) is 2.25. The second kappa shape index (κ2) is 4.61. The summed E-state index contributed by atoms with van der Waals surface area (Å²) >= 11 is 0. The Bertz CT molecular complexity index is 412. The minimum Gasteiger partial charge on any atom is -0.484 e. The van der Waals surface area contributed by atoms with Crippen LogP contribution in [-0.2, 0) is 13.2 Å². The Balaban J connectivity index is 1.93. The van der Waals surface area contributed by atoms with Gasteiger partial charge >= 0.3 is 0 Å². The molecule has 2 aromatic rings. The quantitative estimate of drug-likeness (QED) is 0.823. The van der Waals surface area contributed by atoms with Gasteiger partial charge < -0.3 is 14.9 Å². The summed E-state index contributed by atoms with van der Waals surface area (Å²) < 4.78 is 10.8. The van der Waals surface area contributed by atoms with Crippen molar-refractivity contribution in [3.8, 4) is 5.75 Å². The van der Waals surface area contributed by atoms with Crippen molar-refractivity contribution in [2.75, 3.05) is 0 Å². The molecule has 0 saturated heterocycles. The maximum atomic E-state index is 5.45. The normalized spacial score (nSPS) is 10.2. The van der Waals surface area contributed by atoms with Crippen LogP contribution in [-0.4, -0.2) is 4.98 Å². The monoisotopic (exact) mass is 204 g/mol. The molecule has 0 radical (unpaired) electrons. The van der Waals surface area contributed by atoms with Crippen LogP contribution in [0.2, 0.25) is 0 Å². The molecule has 0 fully saturated rings. The molecule has 0 amide bonds. The number of hydrogen-bond acceptors (Lipinski definition) is 4. The first kappa shape index (κ1) is 9.73. The van der Waals surface area contributed by atoms with Gasteiger partial charge in [0.05, 0.1) is 12.7 Å². The van der Waals surface area contributed by atoms with Crippen molar-refractivity contribution >= 4 is 0 Å². The van der Waals surface area contributed by atoms with Crippen molar-refractivity contribution in [1.29, 1.82) is 0 Å². The summed E-state index contributed by atoms with van der Waals surface area (Å²) in [5, 5.41) is 0. The van der Waals surface area contributed by atoms with Crippen molar-refractivity contribution in [2.24, 2.45) is 5.73 Å². The zero-order chi connectivity index (χ0) is 10.5. The maximum Gasteiger partial charge on any atom is 0.146 e. The number of rotatable bonds is 4. The molecule has 2 rings (SSSR count). The first-order valence-corrected chi connectivity index (χ1v) is 4.69. The lowest BCUT2D eigenvalue weighted by atomic mass is 10.4. The van der Waals surface area contributed by atoms with Gasteiger partial charge in [0, 0.05) is 6.20 Å². The number of pyridine rings is 1. The first-order chi connectivity index (χ1) is 7.38. The molecule has 0 bridgehead atoms. The predicted molar refractivity (Wildman–Crippen MR) is 55.2 cm³/mol. The Labute approximate surface area is 87.7 Å². The molecule has 0 aliphatic heterocycles. The molecule has 78 valence electrons. The summed E-state index contributed by atoms with van der Waals surface area (Å²) in [6, 6.07) is 7.38. The van der Waals surface area contributed by atoms with E-state index in [0.717, 1.165) is 17.3 Å². The van der Waals surface area contributed by atoms with Gasteiger partial charge in [-0.25, -0.2) is 0 Å². The topological polar surface area (TPSA) is 61.3 Å². The largest absolute Gasteiger partial charge is 0.484 e. The molecule has 2 aromatic heterocycles. The number of nitrogens with two attached hydrogens (primary N) is 1. The van der Waals surface area contributed by atoms with Crippen LogP contribution in [0.5, 0.6) is 5.75 Å². The van der Waals surface area contributed by atoms with Crippen LogP contribution in [0, 0.1) is 0 Å². The Hall–Kier alpha value is -1.81. The van der Waals surface area contributed by atoms with Crippen LogP contribution < -0.4 is 10.5 Å². The second-order valence-corrected chi connectivity index (χ2v) is 3.05. The summed E-state index contributed by atoms with van der Waals surface area (Å²) in [4.78, 5) is 3.94. The van der Waals surface area contributed by atoms with Crippen molar-refractivity contribution in [3.63, 3.8) is 0 Å². The summed E-state index contributed by atoms with van der Waals surface area (Å²) in [6.07, 6.45) is 3.36. The number of ether oxygens (including phenoxy) is 1. The fourth-order valence-electron chi connectivity index (χ4n) is 1.20. The van der Waals surface area contributed by atoms with Crippen LogP contribution in [0.25, 0.3) is 0 Å². The van der Waals surface area contributed by atoms with Crippen LogP contribution in [0.1, 0.15) is 11.5 Å². The third-order valence-electron chi connectivity index (χ3n) is 1.93. The molecule has 4 heteroatoms. The van der Waals surface area contributed by atoms with Crippen LogP contribution in [0.3, 0.4) is 0 Å². The minimum atomic E-state index is 0.395. The van der Waals surface area contributed by atoms with Crippen LogP contribution in [0.4, 0.5) is 0 Å². The van der Waals surface area contributed by atoms with Gasteiger partial charge in [0.2, 0.25) is 0 Å². The zero-order valence-electron chi connectivity index (χ0n) is 8.22. The average molecular weight is 204 g/mol. The zero-order valence-corrected chi connectivity index (χ0v) is 8.22. The van der Waals surface area contributed by atoms with Gasteiger partial charge in [-0.2, -0.15) is 0 Å². The highest BCUT2D eigenvalue weighted by Crippen LogP contribution is 2.12.